The van der Waals surface area contributed by atoms with Gasteiger partial charge in [-0.3, -0.25) is 0 Å². The number of furan rings is 1. The zero-order valence-corrected chi connectivity index (χ0v) is 24.4. The van der Waals surface area contributed by atoms with Gasteiger partial charge in [0.05, 0.1) is 0 Å². The summed E-state index contributed by atoms with van der Waals surface area (Å²) in [7, 11) is 0. The Hall–Kier alpha value is -5.92. The van der Waals surface area contributed by atoms with E-state index in [9.17, 15) is 0 Å². The van der Waals surface area contributed by atoms with E-state index in [2.05, 4.69) is 158 Å². The number of rotatable bonds is 2. The monoisotopic (exact) mass is 570 g/mol. The van der Waals surface area contributed by atoms with Gasteiger partial charge >= 0.3 is 0 Å². The second-order valence-corrected chi connectivity index (χ2v) is 12.0. The second-order valence-electron chi connectivity index (χ2n) is 12.0. The SMILES string of the molecule is c1ccc2cc3c(cc2c1)oc1ccc(-c2c4ccccc4c(-c4cc5ccccc5c5ccccc45)c4ccccc24)cc13. The summed E-state index contributed by atoms with van der Waals surface area (Å²) in [5.74, 6) is 0. The molecule has 208 valence electrons. The first-order valence-corrected chi connectivity index (χ1v) is 15.5. The van der Waals surface area contributed by atoms with Gasteiger partial charge in [-0.2, -0.15) is 0 Å². The maximum absolute atomic E-state index is 6.38. The molecule has 0 spiro atoms. The van der Waals surface area contributed by atoms with E-state index >= 15 is 0 Å². The standard InChI is InChI=1S/C44H26O/c1-2-12-28-26-42-39(23-27(28)11-1)38-25-30(21-22-41(38)45-42)43-34-17-7-9-19-36(34)44(37-20-10-8-18-35(37)43)40-24-29-13-3-4-14-31(29)32-15-5-6-16-33(32)40/h1-26H. The molecule has 0 fully saturated rings. The molecule has 1 heterocycles. The number of hydrogen-bond donors (Lipinski definition) is 0. The first-order valence-electron chi connectivity index (χ1n) is 15.5. The van der Waals surface area contributed by atoms with Gasteiger partial charge in [-0.05, 0) is 106 Å². The van der Waals surface area contributed by atoms with E-state index in [1.165, 1.54) is 76.1 Å². The van der Waals surface area contributed by atoms with Gasteiger partial charge in [0.15, 0.2) is 0 Å². The van der Waals surface area contributed by atoms with Gasteiger partial charge in [0.2, 0.25) is 0 Å². The molecule has 0 unspecified atom stereocenters. The lowest BCUT2D eigenvalue weighted by molar-refractivity contribution is 0.669. The average molecular weight is 571 g/mol. The van der Waals surface area contributed by atoms with E-state index in [0.717, 1.165) is 21.9 Å². The van der Waals surface area contributed by atoms with E-state index in [1.807, 2.05) is 0 Å². The van der Waals surface area contributed by atoms with Crippen molar-refractivity contribution < 1.29 is 4.42 Å². The Morgan fingerprint density at radius 3 is 1.49 bits per heavy atom. The molecule has 9 aromatic carbocycles. The molecule has 0 radical (unpaired) electrons. The fourth-order valence-electron chi connectivity index (χ4n) is 7.61. The van der Waals surface area contributed by atoms with E-state index in [4.69, 9.17) is 4.42 Å². The highest BCUT2D eigenvalue weighted by Crippen LogP contribution is 2.47. The predicted molar refractivity (Wildman–Crippen MR) is 192 cm³/mol. The van der Waals surface area contributed by atoms with E-state index in [1.54, 1.807) is 0 Å². The predicted octanol–water partition coefficient (Wildman–Crippen LogP) is 12.7. The Kier molecular flexibility index (Phi) is 5.06. The van der Waals surface area contributed by atoms with Crippen molar-refractivity contribution in [1.82, 2.24) is 0 Å². The Labute approximate surface area is 259 Å². The number of fused-ring (bicyclic) bond motifs is 9. The highest BCUT2D eigenvalue weighted by Gasteiger charge is 2.20. The first kappa shape index (κ1) is 24.5. The number of benzene rings is 9. The van der Waals surface area contributed by atoms with Gasteiger partial charge in [0, 0.05) is 10.8 Å². The third kappa shape index (κ3) is 3.56. The summed E-state index contributed by atoms with van der Waals surface area (Å²) < 4.78 is 6.38. The summed E-state index contributed by atoms with van der Waals surface area (Å²) in [6, 6.07) is 57.4. The molecule has 45 heavy (non-hydrogen) atoms. The van der Waals surface area contributed by atoms with Crippen molar-refractivity contribution in [2.75, 3.05) is 0 Å². The van der Waals surface area contributed by atoms with Crippen LogP contribution in [0.4, 0.5) is 0 Å². The second kappa shape index (κ2) is 9.29. The van der Waals surface area contributed by atoms with Crippen molar-refractivity contribution in [1.29, 1.82) is 0 Å². The minimum atomic E-state index is 0.914. The molecule has 10 aromatic rings. The average Bonchev–Trinajstić information content (AvgIpc) is 3.45. The Morgan fingerprint density at radius 1 is 0.289 bits per heavy atom. The molecule has 1 heteroatoms. The van der Waals surface area contributed by atoms with Crippen LogP contribution in [0.25, 0.3) is 98.1 Å². The Bertz CT molecular complexity index is 2760. The van der Waals surface area contributed by atoms with Gasteiger partial charge in [-0.15, -0.1) is 0 Å². The van der Waals surface area contributed by atoms with Crippen LogP contribution in [0, 0.1) is 0 Å². The maximum Gasteiger partial charge on any atom is 0.136 e. The molecule has 0 atom stereocenters. The summed E-state index contributed by atoms with van der Waals surface area (Å²) in [5.41, 5.74) is 6.85. The minimum Gasteiger partial charge on any atom is -0.456 e. The maximum atomic E-state index is 6.38. The Balaban J connectivity index is 1.32. The van der Waals surface area contributed by atoms with Crippen LogP contribution in [0.1, 0.15) is 0 Å². The smallest absolute Gasteiger partial charge is 0.136 e. The number of hydrogen-bond acceptors (Lipinski definition) is 1. The van der Waals surface area contributed by atoms with E-state index in [0.29, 0.717) is 0 Å². The van der Waals surface area contributed by atoms with Crippen LogP contribution >= 0.6 is 0 Å². The van der Waals surface area contributed by atoms with Crippen LogP contribution in [-0.2, 0) is 0 Å². The quantitative estimate of drug-likeness (QED) is 0.149. The molecule has 0 aliphatic rings. The molecule has 0 saturated heterocycles. The molecular weight excluding hydrogens is 544 g/mol. The zero-order chi connectivity index (χ0) is 29.5. The molecule has 0 saturated carbocycles. The van der Waals surface area contributed by atoms with Crippen LogP contribution < -0.4 is 0 Å². The highest BCUT2D eigenvalue weighted by atomic mass is 16.3. The van der Waals surface area contributed by atoms with Crippen molar-refractivity contribution in [2.24, 2.45) is 0 Å². The lowest BCUT2D eigenvalue weighted by Gasteiger charge is -2.19. The van der Waals surface area contributed by atoms with Crippen molar-refractivity contribution in [3.05, 3.63) is 158 Å². The highest BCUT2D eigenvalue weighted by molar-refractivity contribution is 6.26. The van der Waals surface area contributed by atoms with Crippen molar-refractivity contribution in [3.8, 4) is 22.3 Å². The summed E-state index contributed by atoms with van der Waals surface area (Å²) in [6.45, 7) is 0. The lowest BCUT2D eigenvalue weighted by atomic mass is 9.83. The van der Waals surface area contributed by atoms with Crippen LogP contribution in [0.2, 0.25) is 0 Å². The summed E-state index contributed by atoms with van der Waals surface area (Å²) >= 11 is 0. The third-order valence-electron chi connectivity index (χ3n) is 9.60. The van der Waals surface area contributed by atoms with Gasteiger partial charge in [-0.25, -0.2) is 0 Å². The van der Waals surface area contributed by atoms with Gasteiger partial charge in [0.1, 0.15) is 11.2 Å². The summed E-state index contributed by atoms with van der Waals surface area (Å²) in [4.78, 5) is 0. The zero-order valence-electron chi connectivity index (χ0n) is 24.4. The molecule has 0 bridgehead atoms. The fourth-order valence-corrected chi connectivity index (χ4v) is 7.61. The third-order valence-corrected chi connectivity index (χ3v) is 9.60. The van der Waals surface area contributed by atoms with Crippen LogP contribution in [0.15, 0.2) is 162 Å². The van der Waals surface area contributed by atoms with Crippen molar-refractivity contribution in [3.63, 3.8) is 0 Å². The molecule has 1 nitrogen and oxygen atoms in total. The van der Waals surface area contributed by atoms with Crippen molar-refractivity contribution >= 4 is 75.8 Å². The fraction of sp³-hybridized carbons (Fsp3) is 0. The molecule has 0 N–H and O–H groups in total. The van der Waals surface area contributed by atoms with Crippen molar-refractivity contribution in [2.45, 2.75) is 0 Å². The largest absolute Gasteiger partial charge is 0.456 e. The topological polar surface area (TPSA) is 13.1 Å². The lowest BCUT2D eigenvalue weighted by Crippen LogP contribution is -1.92. The van der Waals surface area contributed by atoms with Crippen LogP contribution in [-0.4, -0.2) is 0 Å². The molecular formula is C44H26O. The van der Waals surface area contributed by atoms with Gasteiger partial charge in [0.25, 0.3) is 0 Å². The van der Waals surface area contributed by atoms with E-state index in [-0.39, 0.29) is 0 Å². The Morgan fingerprint density at radius 2 is 0.800 bits per heavy atom. The minimum absolute atomic E-state index is 0.914. The molecule has 0 aliphatic heterocycles. The molecule has 1 aromatic heterocycles. The summed E-state index contributed by atoms with van der Waals surface area (Å²) in [6.07, 6.45) is 0. The molecule has 0 amide bonds. The van der Waals surface area contributed by atoms with Crippen LogP contribution in [0.3, 0.4) is 0 Å². The van der Waals surface area contributed by atoms with Gasteiger partial charge in [-0.1, -0.05) is 127 Å². The molecule has 0 aliphatic carbocycles. The normalized spacial score (nSPS) is 12.0. The first-order chi connectivity index (χ1) is 22.3. The summed E-state index contributed by atoms with van der Waals surface area (Å²) in [5, 5.41) is 14.8. The van der Waals surface area contributed by atoms with Crippen LogP contribution in [0.5, 0.6) is 0 Å². The van der Waals surface area contributed by atoms with E-state index < -0.39 is 0 Å². The molecule has 10 rings (SSSR count). The van der Waals surface area contributed by atoms with Gasteiger partial charge < -0.3 is 4.42 Å².